The third kappa shape index (κ3) is 3.56. The molecule has 1 aromatic carbocycles. The van der Waals surface area contributed by atoms with Crippen molar-refractivity contribution in [2.75, 3.05) is 5.32 Å². The van der Waals surface area contributed by atoms with Gasteiger partial charge >= 0.3 is 0 Å². The van der Waals surface area contributed by atoms with Crippen LogP contribution in [0.2, 0.25) is 0 Å². The normalized spacial score (nSPS) is 14.7. The van der Waals surface area contributed by atoms with Crippen LogP contribution in [-0.2, 0) is 0 Å². The van der Waals surface area contributed by atoms with Crippen LogP contribution in [0.1, 0.15) is 32.3 Å². The van der Waals surface area contributed by atoms with Gasteiger partial charge in [-0.3, -0.25) is 0 Å². The average molecular weight is 207 g/mol. The summed E-state index contributed by atoms with van der Waals surface area (Å²) in [6.45, 7) is 6.16. The van der Waals surface area contributed by atoms with Crippen LogP contribution < -0.4 is 5.32 Å². The molecule has 0 bridgehead atoms. The number of anilines is 1. The summed E-state index contributed by atoms with van der Waals surface area (Å²) in [5.74, 6) is 0. The highest BCUT2D eigenvalue weighted by molar-refractivity contribution is 5.45. The number of aliphatic hydroxyl groups excluding tert-OH is 1. The second kappa shape index (κ2) is 5.76. The Morgan fingerprint density at radius 3 is 2.20 bits per heavy atom. The zero-order valence-corrected chi connectivity index (χ0v) is 9.83. The minimum Gasteiger partial charge on any atom is -0.391 e. The molecule has 0 spiro atoms. The molecular formula is C13H21NO. The average Bonchev–Trinajstić information content (AvgIpc) is 2.27. The molecule has 1 rings (SSSR count). The summed E-state index contributed by atoms with van der Waals surface area (Å²) in [6.07, 6.45) is 1.46. The van der Waals surface area contributed by atoms with Crippen molar-refractivity contribution in [3.63, 3.8) is 0 Å². The smallest absolute Gasteiger partial charge is 0.0738 e. The maximum atomic E-state index is 9.77. The van der Waals surface area contributed by atoms with Crippen molar-refractivity contribution >= 4 is 5.69 Å². The summed E-state index contributed by atoms with van der Waals surface area (Å²) in [5, 5.41) is 13.1. The summed E-state index contributed by atoms with van der Waals surface area (Å²) >= 11 is 0. The second-order valence-corrected chi connectivity index (χ2v) is 4.00. The maximum Gasteiger partial charge on any atom is 0.0738 e. The summed E-state index contributed by atoms with van der Waals surface area (Å²) in [4.78, 5) is 0. The Bertz CT molecular complexity index is 281. The Labute approximate surface area is 92.3 Å². The first-order valence-corrected chi connectivity index (χ1v) is 5.68. The van der Waals surface area contributed by atoms with Gasteiger partial charge in [-0.1, -0.05) is 31.5 Å². The summed E-state index contributed by atoms with van der Waals surface area (Å²) < 4.78 is 0. The first-order valence-electron chi connectivity index (χ1n) is 5.68. The lowest BCUT2D eigenvalue weighted by atomic mass is 10.1. The highest BCUT2D eigenvalue weighted by atomic mass is 16.3. The van der Waals surface area contributed by atoms with Crippen molar-refractivity contribution in [1.82, 2.24) is 0 Å². The first-order chi connectivity index (χ1) is 7.17. The highest BCUT2D eigenvalue weighted by Gasteiger charge is 2.14. The second-order valence-electron chi connectivity index (χ2n) is 4.00. The third-order valence-electron chi connectivity index (χ3n) is 2.73. The van der Waals surface area contributed by atoms with E-state index in [1.54, 1.807) is 0 Å². The number of hydrogen-bond acceptors (Lipinski definition) is 2. The number of nitrogens with one attached hydrogen (secondary N) is 1. The molecule has 0 aliphatic rings. The van der Waals surface area contributed by atoms with E-state index in [0.29, 0.717) is 0 Å². The van der Waals surface area contributed by atoms with Gasteiger partial charge in [-0.05, 0) is 31.9 Å². The van der Waals surface area contributed by atoms with Crippen molar-refractivity contribution in [3.8, 4) is 0 Å². The molecule has 0 fully saturated rings. The van der Waals surface area contributed by atoms with Gasteiger partial charge in [0.2, 0.25) is 0 Å². The van der Waals surface area contributed by atoms with Gasteiger partial charge in [0, 0.05) is 5.69 Å². The van der Waals surface area contributed by atoms with Crippen molar-refractivity contribution in [3.05, 3.63) is 29.8 Å². The topological polar surface area (TPSA) is 32.3 Å². The largest absolute Gasteiger partial charge is 0.391 e. The fourth-order valence-electron chi connectivity index (χ4n) is 1.62. The predicted molar refractivity (Wildman–Crippen MR) is 65.2 cm³/mol. The zero-order valence-electron chi connectivity index (χ0n) is 9.83. The van der Waals surface area contributed by atoms with Crippen LogP contribution >= 0.6 is 0 Å². The van der Waals surface area contributed by atoms with Gasteiger partial charge in [-0.25, -0.2) is 0 Å². The Hall–Kier alpha value is -1.02. The minimum atomic E-state index is -0.267. The van der Waals surface area contributed by atoms with Gasteiger partial charge in [0.15, 0.2) is 0 Å². The molecule has 2 heteroatoms. The lowest BCUT2D eigenvalue weighted by molar-refractivity contribution is 0.146. The summed E-state index contributed by atoms with van der Waals surface area (Å²) in [6, 6.07) is 8.42. The van der Waals surface area contributed by atoms with Crippen LogP contribution in [0, 0.1) is 6.92 Å². The van der Waals surface area contributed by atoms with E-state index in [0.717, 1.165) is 18.5 Å². The van der Waals surface area contributed by atoms with Crippen molar-refractivity contribution in [2.45, 2.75) is 45.8 Å². The van der Waals surface area contributed by atoms with Gasteiger partial charge in [-0.15, -0.1) is 0 Å². The molecular weight excluding hydrogens is 186 g/mol. The van der Waals surface area contributed by atoms with Crippen LogP contribution in [0.3, 0.4) is 0 Å². The molecule has 1 aromatic rings. The fourth-order valence-corrected chi connectivity index (χ4v) is 1.62. The number of hydrogen-bond donors (Lipinski definition) is 2. The SMILES string of the molecule is CCC(O)C(CC)Nc1ccc(C)cc1. The van der Waals surface area contributed by atoms with E-state index in [1.165, 1.54) is 5.56 Å². The van der Waals surface area contributed by atoms with E-state index in [9.17, 15) is 5.11 Å². The molecule has 2 atom stereocenters. The Morgan fingerprint density at radius 2 is 1.73 bits per heavy atom. The van der Waals surface area contributed by atoms with Gasteiger partial charge in [-0.2, -0.15) is 0 Å². The monoisotopic (exact) mass is 207 g/mol. The lowest BCUT2D eigenvalue weighted by Crippen LogP contribution is -2.32. The maximum absolute atomic E-state index is 9.77. The molecule has 84 valence electrons. The van der Waals surface area contributed by atoms with Crippen LogP contribution in [0.25, 0.3) is 0 Å². The third-order valence-corrected chi connectivity index (χ3v) is 2.73. The molecule has 0 saturated heterocycles. The van der Waals surface area contributed by atoms with E-state index >= 15 is 0 Å². The molecule has 0 amide bonds. The summed E-state index contributed by atoms with van der Waals surface area (Å²) in [5.41, 5.74) is 2.34. The molecule has 0 heterocycles. The molecule has 2 unspecified atom stereocenters. The highest BCUT2D eigenvalue weighted by Crippen LogP contribution is 2.14. The van der Waals surface area contributed by atoms with Gasteiger partial charge < -0.3 is 10.4 Å². The molecule has 15 heavy (non-hydrogen) atoms. The molecule has 0 saturated carbocycles. The van der Waals surface area contributed by atoms with Crippen molar-refractivity contribution < 1.29 is 5.11 Å². The van der Waals surface area contributed by atoms with Crippen LogP contribution in [0.5, 0.6) is 0 Å². The minimum absolute atomic E-state index is 0.151. The van der Waals surface area contributed by atoms with Gasteiger partial charge in [0.25, 0.3) is 0 Å². The number of aryl methyl sites for hydroxylation is 1. The number of rotatable bonds is 5. The van der Waals surface area contributed by atoms with Gasteiger partial charge in [0.1, 0.15) is 0 Å². The predicted octanol–water partition coefficient (Wildman–Crippen LogP) is 2.96. The van der Waals surface area contributed by atoms with Crippen LogP contribution in [0.15, 0.2) is 24.3 Å². The number of benzene rings is 1. The Kier molecular flexibility index (Phi) is 4.63. The molecule has 0 aromatic heterocycles. The molecule has 0 aliphatic heterocycles. The van der Waals surface area contributed by atoms with E-state index in [1.807, 2.05) is 6.92 Å². The molecule has 2 nitrogen and oxygen atoms in total. The van der Waals surface area contributed by atoms with Crippen LogP contribution in [-0.4, -0.2) is 17.3 Å². The van der Waals surface area contributed by atoms with E-state index in [-0.39, 0.29) is 12.1 Å². The van der Waals surface area contributed by atoms with Crippen LogP contribution in [0.4, 0.5) is 5.69 Å². The fraction of sp³-hybridized carbons (Fsp3) is 0.538. The van der Waals surface area contributed by atoms with Gasteiger partial charge in [0.05, 0.1) is 12.1 Å². The summed E-state index contributed by atoms with van der Waals surface area (Å²) in [7, 11) is 0. The van der Waals surface area contributed by atoms with Crippen molar-refractivity contribution in [1.29, 1.82) is 0 Å². The lowest BCUT2D eigenvalue weighted by Gasteiger charge is -2.23. The molecule has 2 N–H and O–H groups in total. The van der Waals surface area contributed by atoms with Crippen molar-refractivity contribution in [2.24, 2.45) is 0 Å². The van der Waals surface area contributed by atoms with E-state index in [4.69, 9.17) is 0 Å². The Balaban J connectivity index is 2.62. The molecule has 0 radical (unpaired) electrons. The molecule has 0 aliphatic carbocycles. The number of aliphatic hydroxyl groups is 1. The zero-order chi connectivity index (χ0) is 11.3. The first kappa shape index (κ1) is 12.1. The Morgan fingerprint density at radius 1 is 1.13 bits per heavy atom. The quantitative estimate of drug-likeness (QED) is 0.778. The van der Waals surface area contributed by atoms with E-state index < -0.39 is 0 Å². The van der Waals surface area contributed by atoms with E-state index in [2.05, 4.69) is 43.4 Å². The standard InChI is InChI=1S/C13H21NO/c1-4-12(13(15)5-2)14-11-8-6-10(3)7-9-11/h6-9,12-15H,4-5H2,1-3H3.